The van der Waals surface area contributed by atoms with E-state index < -0.39 is 0 Å². The first-order valence-corrected chi connectivity index (χ1v) is 7.18. The molecule has 0 unspecified atom stereocenters. The first-order valence-electron chi connectivity index (χ1n) is 6.80. The zero-order valence-electron chi connectivity index (χ0n) is 11.5. The predicted octanol–water partition coefficient (Wildman–Crippen LogP) is 2.86. The lowest BCUT2D eigenvalue weighted by atomic mass is 10.0. The summed E-state index contributed by atoms with van der Waals surface area (Å²) < 4.78 is 0. The Bertz CT molecular complexity index is 444. The molecule has 1 fully saturated rings. The highest BCUT2D eigenvalue weighted by molar-refractivity contribution is 6.31. The Kier molecular flexibility index (Phi) is 4.83. The molecule has 0 aromatic heterocycles. The Balaban J connectivity index is 2.00. The van der Waals surface area contributed by atoms with Gasteiger partial charge in [0.1, 0.15) is 0 Å². The van der Waals surface area contributed by atoms with Gasteiger partial charge in [0.05, 0.1) is 6.04 Å². The van der Waals surface area contributed by atoms with Crippen LogP contribution < -0.4 is 5.32 Å². The Morgan fingerprint density at radius 3 is 2.89 bits per heavy atom. The molecule has 104 valence electrons. The largest absolute Gasteiger partial charge is 0.339 e. The van der Waals surface area contributed by atoms with Crippen LogP contribution in [0.15, 0.2) is 24.3 Å². The van der Waals surface area contributed by atoms with Crippen molar-refractivity contribution in [1.82, 2.24) is 10.2 Å². The molecule has 4 heteroatoms. The highest BCUT2D eigenvalue weighted by Crippen LogP contribution is 2.27. The predicted molar refractivity (Wildman–Crippen MR) is 78.2 cm³/mol. The lowest BCUT2D eigenvalue weighted by molar-refractivity contribution is -0.132. The van der Waals surface area contributed by atoms with Gasteiger partial charge in [0.15, 0.2) is 0 Å². The lowest BCUT2D eigenvalue weighted by Crippen LogP contribution is -2.31. The molecule has 2 atom stereocenters. The molecule has 1 aromatic rings. The number of carbonyl (C=O) groups is 1. The molecular formula is C15H21ClN2O. The van der Waals surface area contributed by atoms with Crippen LogP contribution >= 0.6 is 11.6 Å². The minimum Gasteiger partial charge on any atom is -0.339 e. The molecular weight excluding hydrogens is 260 g/mol. The summed E-state index contributed by atoms with van der Waals surface area (Å²) in [6.45, 7) is 4.01. The number of halogens is 1. The van der Waals surface area contributed by atoms with Crippen LogP contribution in [-0.2, 0) is 4.79 Å². The number of amides is 1. The zero-order chi connectivity index (χ0) is 13.8. The van der Waals surface area contributed by atoms with Crippen LogP contribution in [0.5, 0.6) is 0 Å². The molecule has 19 heavy (non-hydrogen) atoms. The van der Waals surface area contributed by atoms with Crippen LogP contribution in [0.2, 0.25) is 5.02 Å². The Labute approximate surface area is 119 Å². The molecule has 1 aromatic carbocycles. The summed E-state index contributed by atoms with van der Waals surface area (Å²) in [6.07, 6.45) is 1.72. The van der Waals surface area contributed by atoms with Gasteiger partial charge in [0.2, 0.25) is 5.91 Å². The molecule has 0 radical (unpaired) electrons. The lowest BCUT2D eigenvalue weighted by Gasteiger charge is -2.27. The second-order valence-electron chi connectivity index (χ2n) is 5.27. The molecule has 0 bridgehead atoms. The molecule has 0 spiro atoms. The summed E-state index contributed by atoms with van der Waals surface area (Å²) >= 11 is 6.19. The first kappa shape index (κ1) is 14.4. The average molecular weight is 281 g/mol. The normalized spacial score (nSPS) is 20.3. The number of carbonyl (C=O) groups excluding carboxylic acids is 1. The van der Waals surface area contributed by atoms with Crippen LogP contribution in [0.3, 0.4) is 0 Å². The topological polar surface area (TPSA) is 32.3 Å². The summed E-state index contributed by atoms with van der Waals surface area (Å²) in [7, 11) is 1.86. The number of nitrogens with one attached hydrogen (secondary N) is 1. The van der Waals surface area contributed by atoms with E-state index in [0.717, 1.165) is 30.1 Å². The maximum Gasteiger partial charge on any atom is 0.223 e. The number of benzene rings is 1. The van der Waals surface area contributed by atoms with E-state index in [4.69, 9.17) is 11.6 Å². The van der Waals surface area contributed by atoms with Crippen molar-refractivity contribution in [1.29, 1.82) is 0 Å². The minimum atomic E-state index is 0.00978. The molecule has 1 aliphatic rings. The molecule has 3 nitrogen and oxygen atoms in total. The van der Waals surface area contributed by atoms with Crippen LogP contribution in [-0.4, -0.2) is 30.9 Å². The second kappa shape index (κ2) is 6.40. The van der Waals surface area contributed by atoms with Gasteiger partial charge in [-0.25, -0.2) is 0 Å². The molecule has 0 saturated carbocycles. The van der Waals surface area contributed by atoms with E-state index in [0.29, 0.717) is 12.3 Å². The van der Waals surface area contributed by atoms with Gasteiger partial charge in [-0.3, -0.25) is 4.79 Å². The van der Waals surface area contributed by atoms with Gasteiger partial charge < -0.3 is 10.2 Å². The molecule has 1 N–H and O–H groups in total. The van der Waals surface area contributed by atoms with E-state index in [1.807, 2.05) is 38.2 Å². The van der Waals surface area contributed by atoms with Crippen molar-refractivity contribution in [3.63, 3.8) is 0 Å². The SMILES string of the molecule is C[C@@H](c1ccccc1Cl)N(C)C(=O)C[C@@H]1CCNC1. The van der Waals surface area contributed by atoms with E-state index in [2.05, 4.69) is 5.32 Å². The van der Waals surface area contributed by atoms with Crippen LogP contribution in [0.4, 0.5) is 0 Å². The van der Waals surface area contributed by atoms with Gasteiger partial charge in [-0.05, 0) is 44.0 Å². The molecule has 1 aliphatic heterocycles. The smallest absolute Gasteiger partial charge is 0.223 e. The van der Waals surface area contributed by atoms with Crippen molar-refractivity contribution in [3.8, 4) is 0 Å². The number of nitrogens with zero attached hydrogens (tertiary/aromatic N) is 1. The van der Waals surface area contributed by atoms with Gasteiger partial charge in [-0.15, -0.1) is 0 Å². The van der Waals surface area contributed by atoms with Crippen LogP contribution in [0, 0.1) is 5.92 Å². The molecule has 0 aliphatic carbocycles. The van der Waals surface area contributed by atoms with Crippen molar-refractivity contribution < 1.29 is 4.79 Å². The quantitative estimate of drug-likeness (QED) is 0.920. The van der Waals surface area contributed by atoms with Gasteiger partial charge in [0, 0.05) is 18.5 Å². The van der Waals surface area contributed by atoms with Crippen LogP contribution in [0.1, 0.15) is 31.4 Å². The third-order valence-electron chi connectivity index (χ3n) is 3.96. The van der Waals surface area contributed by atoms with Gasteiger partial charge >= 0.3 is 0 Å². The number of hydrogen-bond acceptors (Lipinski definition) is 2. The fraction of sp³-hybridized carbons (Fsp3) is 0.533. The first-order chi connectivity index (χ1) is 9.09. The highest BCUT2D eigenvalue weighted by Gasteiger charge is 2.23. The molecule has 1 saturated heterocycles. The summed E-state index contributed by atoms with van der Waals surface area (Å²) in [5.74, 6) is 0.675. The van der Waals surface area contributed by atoms with Gasteiger partial charge in [-0.2, -0.15) is 0 Å². The summed E-state index contributed by atoms with van der Waals surface area (Å²) in [5.41, 5.74) is 1.00. The van der Waals surface area contributed by atoms with E-state index in [-0.39, 0.29) is 11.9 Å². The Hall–Kier alpha value is -1.06. The van der Waals surface area contributed by atoms with Crippen molar-refractivity contribution >= 4 is 17.5 Å². The van der Waals surface area contributed by atoms with Crippen molar-refractivity contribution in [2.24, 2.45) is 5.92 Å². The van der Waals surface area contributed by atoms with Gasteiger partial charge in [0.25, 0.3) is 0 Å². The summed E-state index contributed by atoms with van der Waals surface area (Å²) in [6, 6.07) is 7.72. The summed E-state index contributed by atoms with van der Waals surface area (Å²) in [5, 5.41) is 4.01. The Morgan fingerprint density at radius 2 is 2.26 bits per heavy atom. The Morgan fingerprint density at radius 1 is 1.53 bits per heavy atom. The maximum absolute atomic E-state index is 12.3. The van der Waals surface area contributed by atoms with E-state index in [1.54, 1.807) is 4.90 Å². The summed E-state index contributed by atoms with van der Waals surface area (Å²) in [4.78, 5) is 14.1. The van der Waals surface area contributed by atoms with Crippen molar-refractivity contribution in [2.75, 3.05) is 20.1 Å². The highest BCUT2D eigenvalue weighted by atomic mass is 35.5. The fourth-order valence-corrected chi connectivity index (χ4v) is 2.81. The molecule has 2 rings (SSSR count). The van der Waals surface area contributed by atoms with E-state index in [9.17, 15) is 4.79 Å². The fourth-order valence-electron chi connectivity index (χ4n) is 2.52. The monoisotopic (exact) mass is 280 g/mol. The minimum absolute atomic E-state index is 0.00978. The molecule has 1 amide bonds. The van der Waals surface area contributed by atoms with Gasteiger partial charge in [-0.1, -0.05) is 29.8 Å². The van der Waals surface area contributed by atoms with Crippen LogP contribution in [0.25, 0.3) is 0 Å². The third-order valence-corrected chi connectivity index (χ3v) is 4.30. The standard InChI is InChI=1S/C15H21ClN2O/c1-11(13-5-3-4-6-14(13)16)18(2)15(19)9-12-7-8-17-10-12/h3-6,11-12,17H,7-10H2,1-2H3/t11-,12-/m0/s1. The van der Waals surface area contributed by atoms with E-state index >= 15 is 0 Å². The average Bonchev–Trinajstić information content (AvgIpc) is 2.90. The zero-order valence-corrected chi connectivity index (χ0v) is 12.3. The third kappa shape index (κ3) is 3.48. The number of rotatable bonds is 4. The van der Waals surface area contributed by atoms with Crippen molar-refractivity contribution in [2.45, 2.75) is 25.8 Å². The maximum atomic E-state index is 12.3. The second-order valence-corrected chi connectivity index (χ2v) is 5.67. The number of hydrogen-bond donors (Lipinski definition) is 1. The molecule has 1 heterocycles. The van der Waals surface area contributed by atoms with E-state index in [1.165, 1.54) is 0 Å². The van der Waals surface area contributed by atoms with Crippen molar-refractivity contribution in [3.05, 3.63) is 34.9 Å².